The van der Waals surface area contributed by atoms with E-state index in [2.05, 4.69) is 27.2 Å². The number of halogens is 2. The van der Waals surface area contributed by atoms with Crippen molar-refractivity contribution in [3.63, 3.8) is 0 Å². The van der Waals surface area contributed by atoms with Gasteiger partial charge in [-0.25, -0.2) is 4.98 Å². The van der Waals surface area contributed by atoms with Crippen LogP contribution in [-0.4, -0.2) is 46.7 Å². The molecule has 2 heterocycles. The predicted molar refractivity (Wildman–Crippen MR) is 141 cm³/mol. The fraction of sp³-hybridized carbons (Fsp3) is 0.360. The monoisotopic (exact) mass is 531 g/mol. The van der Waals surface area contributed by atoms with Gasteiger partial charge in [0, 0.05) is 42.3 Å². The van der Waals surface area contributed by atoms with E-state index >= 15 is 0 Å². The van der Waals surface area contributed by atoms with Crippen LogP contribution in [0.3, 0.4) is 0 Å². The summed E-state index contributed by atoms with van der Waals surface area (Å²) in [5.74, 6) is 0.816. The van der Waals surface area contributed by atoms with Gasteiger partial charge in [-0.3, -0.25) is 14.2 Å². The van der Waals surface area contributed by atoms with Gasteiger partial charge in [0.05, 0.1) is 29.8 Å². The molecule has 36 heavy (non-hydrogen) atoms. The highest BCUT2D eigenvalue weighted by molar-refractivity contribution is 6.41. The molecule has 1 aliphatic rings. The zero-order valence-electron chi connectivity index (χ0n) is 20.2. The van der Waals surface area contributed by atoms with Crippen molar-refractivity contribution in [2.24, 2.45) is 7.05 Å². The third-order valence-electron chi connectivity index (χ3n) is 6.39. The highest BCUT2D eigenvalue weighted by Crippen LogP contribution is 2.45. The lowest BCUT2D eigenvalue weighted by Gasteiger charge is -2.32. The number of aryl methyl sites for hydroxylation is 1. The Bertz CT molecular complexity index is 1360. The van der Waals surface area contributed by atoms with E-state index < -0.39 is 0 Å². The number of ether oxygens (including phenoxy) is 2. The van der Waals surface area contributed by atoms with Gasteiger partial charge in [0.25, 0.3) is 5.56 Å². The van der Waals surface area contributed by atoms with Gasteiger partial charge in [-0.05, 0) is 25.0 Å². The van der Waals surface area contributed by atoms with Crippen molar-refractivity contribution in [3.8, 4) is 22.6 Å². The summed E-state index contributed by atoms with van der Waals surface area (Å²) in [5, 5.41) is 7.32. The van der Waals surface area contributed by atoms with Gasteiger partial charge >= 0.3 is 0 Å². The number of carbonyl (C=O) groups is 1. The minimum Gasteiger partial charge on any atom is -0.495 e. The maximum atomic E-state index is 13.4. The molecule has 190 valence electrons. The second-order valence-electron chi connectivity index (χ2n) is 8.53. The van der Waals surface area contributed by atoms with E-state index in [1.54, 1.807) is 25.4 Å². The minimum absolute atomic E-state index is 0.0433. The molecule has 3 aromatic rings. The predicted octanol–water partition coefficient (Wildman–Crippen LogP) is 4.34. The standard InChI is InChI=1S/C25H27Cl2N5O4/c1-5-19(33)29-15-8-6-7-9-16(15)30-25-28-12-13-10-14(24(34)32(2)23(13)31-25)20-21(26)17(35-3)11-18(36-4)22(20)27/h5,10-12,15-16H,1,6-9H2,2-4H3,(H,29,33)(H,28,30,31). The lowest BCUT2D eigenvalue weighted by Crippen LogP contribution is -2.48. The molecule has 2 unspecified atom stereocenters. The van der Waals surface area contributed by atoms with Gasteiger partial charge < -0.3 is 20.1 Å². The second kappa shape index (κ2) is 10.8. The third-order valence-corrected chi connectivity index (χ3v) is 7.14. The van der Waals surface area contributed by atoms with Crippen molar-refractivity contribution in [3.05, 3.63) is 51.4 Å². The quantitative estimate of drug-likeness (QED) is 0.436. The first-order chi connectivity index (χ1) is 17.3. The van der Waals surface area contributed by atoms with Crippen molar-refractivity contribution >= 4 is 46.1 Å². The Labute approximate surface area is 218 Å². The first-order valence-corrected chi connectivity index (χ1v) is 12.2. The summed E-state index contributed by atoms with van der Waals surface area (Å²) in [6, 6.07) is 3.11. The van der Waals surface area contributed by atoms with Crippen molar-refractivity contribution in [1.82, 2.24) is 19.9 Å². The number of nitrogens with one attached hydrogen (secondary N) is 2. The van der Waals surface area contributed by atoms with Crippen LogP contribution in [0.1, 0.15) is 25.7 Å². The molecule has 4 rings (SSSR count). The number of fused-ring (bicyclic) bond motifs is 1. The summed E-state index contributed by atoms with van der Waals surface area (Å²) >= 11 is 13.1. The van der Waals surface area contributed by atoms with Crippen LogP contribution in [0, 0.1) is 0 Å². The normalized spacial score (nSPS) is 17.5. The van der Waals surface area contributed by atoms with Gasteiger partial charge in [0.1, 0.15) is 17.1 Å². The van der Waals surface area contributed by atoms with Gasteiger partial charge in [0.2, 0.25) is 11.9 Å². The van der Waals surface area contributed by atoms with Gasteiger partial charge in [-0.1, -0.05) is 42.6 Å². The van der Waals surface area contributed by atoms with Crippen molar-refractivity contribution in [1.29, 1.82) is 0 Å². The molecular weight excluding hydrogens is 505 g/mol. The first-order valence-electron chi connectivity index (χ1n) is 11.5. The van der Waals surface area contributed by atoms with E-state index in [0.717, 1.165) is 25.7 Å². The average molecular weight is 532 g/mol. The van der Waals surface area contributed by atoms with E-state index in [4.69, 9.17) is 32.7 Å². The molecule has 1 aromatic carbocycles. The lowest BCUT2D eigenvalue weighted by atomic mass is 9.90. The molecule has 9 nitrogen and oxygen atoms in total. The number of rotatable bonds is 7. The van der Waals surface area contributed by atoms with E-state index in [0.29, 0.717) is 34.0 Å². The van der Waals surface area contributed by atoms with Gasteiger partial charge in [0.15, 0.2) is 0 Å². The number of amides is 1. The number of aromatic nitrogens is 3. The van der Waals surface area contributed by atoms with Crippen LogP contribution in [0.5, 0.6) is 11.5 Å². The summed E-state index contributed by atoms with van der Waals surface area (Å²) in [6.45, 7) is 3.53. The molecule has 1 aliphatic carbocycles. The Balaban J connectivity index is 1.75. The number of benzene rings is 1. The minimum atomic E-state index is -0.347. The Morgan fingerprint density at radius 2 is 1.78 bits per heavy atom. The van der Waals surface area contributed by atoms with Crippen LogP contribution in [-0.2, 0) is 11.8 Å². The number of nitrogens with zero attached hydrogens (tertiary/aromatic N) is 3. The number of hydrogen-bond acceptors (Lipinski definition) is 7. The van der Waals surface area contributed by atoms with Crippen LogP contribution < -0.4 is 25.7 Å². The molecule has 2 N–H and O–H groups in total. The summed E-state index contributed by atoms with van der Waals surface area (Å²) in [4.78, 5) is 34.3. The zero-order chi connectivity index (χ0) is 26.0. The second-order valence-corrected chi connectivity index (χ2v) is 9.29. The molecule has 0 aliphatic heterocycles. The maximum absolute atomic E-state index is 13.4. The molecule has 0 radical (unpaired) electrons. The third kappa shape index (κ3) is 4.85. The fourth-order valence-corrected chi connectivity index (χ4v) is 5.21. The highest BCUT2D eigenvalue weighted by Gasteiger charge is 2.27. The Morgan fingerprint density at radius 1 is 1.14 bits per heavy atom. The molecule has 0 spiro atoms. The Kier molecular flexibility index (Phi) is 7.70. The van der Waals surface area contributed by atoms with E-state index in [1.165, 1.54) is 24.9 Å². The Hall–Kier alpha value is -3.30. The van der Waals surface area contributed by atoms with E-state index in [-0.39, 0.29) is 39.2 Å². The smallest absolute Gasteiger partial charge is 0.259 e. The SMILES string of the molecule is C=CC(=O)NC1CCCCC1Nc1ncc2cc(-c3c(Cl)c(OC)cc(OC)c3Cl)c(=O)n(C)c2n1. The van der Waals surface area contributed by atoms with Crippen molar-refractivity contribution in [2.75, 3.05) is 19.5 Å². The average Bonchev–Trinajstić information content (AvgIpc) is 2.88. The topological polar surface area (TPSA) is 107 Å². The fourth-order valence-electron chi connectivity index (χ4n) is 4.50. The van der Waals surface area contributed by atoms with Crippen LogP contribution in [0.4, 0.5) is 5.95 Å². The first kappa shape index (κ1) is 25.8. The number of carbonyl (C=O) groups excluding carboxylic acids is 1. The summed E-state index contributed by atoms with van der Waals surface area (Å²) in [6.07, 6.45) is 6.65. The van der Waals surface area contributed by atoms with Gasteiger partial charge in [-0.2, -0.15) is 4.98 Å². The molecule has 1 fully saturated rings. The zero-order valence-corrected chi connectivity index (χ0v) is 21.7. The van der Waals surface area contributed by atoms with Gasteiger partial charge in [-0.15, -0.1) is 0 Å². The van der Waals surface area contributed by atoms with Crippen LogP contribution in [0.15, 0.2) is 35.8 Å². The lowest BCUT2D eigenvalue weighted by molar-refractivity contribution is -0.117. The van der Waals surface area contributed by atoms with Crippen molar-refractivity contribution in [2.45, 2.75) is 37.8 Å². The summed E-state index contributed by atoms with van der Waals surface area (Å²) in [5.41, 5.74) is 0.661. The molecule has 0 bridgehead atoms. The number of pyridine rings is 1. The molecule has 11 heteroatoms. The molecular formula is C25H27Cl2N5O4. The number of hydrogen-bond donors (Lipinski definition) is 2. The molecule has 2 atom stereocenters. The van der Waals surface area contributed by atoms with Crippen LogP contribution in [0.25, 0.3) is 22.2 Å². The maximum Gasteiger partial charge on any atom is 0.259 e. The summed E-state index contributed by atoms with van der Waals surface area (Å²) < 4.78 is 12.1. The highest BCUT2D eigenvalue weighted by atomic mass is 35.5. The summed E-state index contributed by atoms with van der Waals surface area (Å²) in [7, 11) is 4.57. The molecule has 2 aromatic heterocycles. The largest absolute Gasteiger partial charge is 0.495 e. The molecule has 1 saturated carbocycles. The van der Waals surface area contributed by atoms with Crippen molar-refractivity contribution < 1.29 is 14.3 Å². The number of methoxy groups -OCH3 is 2. The Morgan fingerprint density at radius 3 is 2.39 bits per heavy atom. The van der Waals surface area contributed by atoms with E-state index in [9.17, 15) is 9.59 Å². The van der Waals surface area contributed by atoms with E-state index in [1.807, 2.05) is 0 Å². The molecule has 0 saturated heterocycles. The number of anilines is 1. The van der Waals surface area contributed by atoms with Crippen LogP contribution >= 0.6 is 23.2 Å². The molecule has 1 amide bonds. The van der Waals surface area contributed by atoms with Crippen LogP contribution in [0.2, 0.25) is 10.0 Å².